The number of ether oxygens (including phenoxy) is 2. The molecule has 2 amide bonds. The Labute approximate surface area is 296 Å². The van der Waals surface area contributed by atoms with Crippen LogP contribution in [0.15, 0.2) is 78.9 Å². The number of carbonyl (C=O) groups is 2. The van der Waals surface area contributed by atoms with Gasteiger partial charge in [0.2, 0.25) is 0 Å². The Morgan fingerprint density at radius 1 is 0.857 bits per heavy atom. The molecule has 1 heterocycles. The molecule has 0 aliphatic carbocycles. The molecule has 10 nitrogen and oxygen atoms in total. The van der Waals surface area contributed by atoms with Crippen LogP contribution in [0, 0.1) is 6.92 Å². The Bertz CT molecular complexity index is 1930. The second kappa shape index (κ2) is 16.6. The van der Waals surface area contributed by atoms with Gasteiger partial charge in [-0.25, -0.2) is 9.78 Å². The lowest BCUT2D eigenvalue weighted by Crippen LogP contribution is -2.31. The largest absolute Gasteiger partial charge is 0.495 e. The van der Waals surface area contributed by atoms with E-state index < -0.39 is 6.09 Å². The highest BCUT2D eigenvalue weighted by Crippen LogP contribution is 2.38. The van der Waals surface area contributed by atoms with Gasteiger partial charge < -0.3 is 29.9 Å². The predicted octanol–water partition coefficient (Wildman–Crippen LogP) is 7.63. The second-order valence-corrected chi connectivity index (χ2v) is 12.4. The van der Waals surface area contributed by atoms with Gasteiger partial charge >= 0.3 is 6.09 Å². The second-order valence-electron chi connectivity index (χ2n) is 11.6. The van der Waals surface area contributed by atoms with E-state index in [4.69, 9.17) is 37.7 Å². The van der Waals surface area contributed by atoms with Crippen molar-refractivity contribution in [3.05, 3.63) is 90.0 Å². The number of carbonyl (C=O) groups excluding carboxylic acids is 2. The number of halogens is 2. The molecule has 0 saturated carbocycles. The van der Waals surface area contributed by atoms with Gasteiger partial charge in [-0.2, -0.15) is 0 Å². The van der Waals surface area contributed by atoms with Crippen LogP contribution in [0.2, 0.25) is 0 Å². The fourth-order valence-corrected chi connectivity index (χ4v) is 5.91. The smallest absolute Gasteiger partial charge is 0.417 e. The van der Waals surface area contributed by atoms with E-state index in [2.05, 4.69) is 20.9 Å². The number of pyridine rings is 1. The molecule has 0 aliphatic heterocycles. The van der Waals surface area contributed by atoms with Gasteiger partial charge in [0.25, 0.3) is 5.91 Å². The highest BCUT2D eigenvalue weighted by Gasteiger charge is 2.19. The summed E-state index contributed by atoms with van der Waals surface area (Å²) in [5, 5.41) is 11.0. The standard InChI is InChI=1S/C37H40Cl2N6O4/c1-24-7-5-8-28-33(24)43-35-29(9-6-10-30(35)36(46)40-19-22-44(2)3)34(28)42-31-23-25(11-16-32(31)48-4)41-37(47)49-27-14-12-26(13-15-27)45(20-17-38)21-18-39/h5-16,23H,17-22H2,1-4H3,(H,40,46)(H,41,47)(H,42,43). The van der Waals surface area contributed by atoms with Gasteiger partial charge in [0, 0.05) is 60.1 Å². The number of hydrogen-bond acceptors (Lipinski definition) is 8. The van der Waals surface area contributed by atoms with Crippen molar-refractivity contribution in [3.63, 3.8) is 0 Å². The summed E-state index contributed by atoms with van der Waals surface area (Å²) < 4.78 is 11.3. The van der Waals surface area contributed by atoms with E-state index in [9.17, 15) is 9.59 Å². The third kappa shape index (κ3) is 8.64. The van der Waals surface area contributed by atoms with Gasteiger partial charge in [-0.05, 0) is 75.1 Å². The van der Waals surface area contributed by atoms with E-state index in [0.717, 1.165) is 33.2 Å². The maximum atomic E-state index is 13.3. The minimum Gasteiger partial charge on any atom is -0.495 e. The molecular weight excluding hydrogens is 663 g/mol. The normalized spacial score (nSPS) is 11.1. The zero-order valence-electron chi connectivity index (χ0n) is 28.0. The summed E-state index contributed by atoms with van der Waals surface area (Å²) >= 11 is 11.9. The molecule has 5 rings (SSSR count). The number of amides is 2. The van der Waals surface area contributed by atoms with Gasteiger partial charge in [0.15, 0.2) is 0 Å². The molecule has 0 saturated heterocycles. The number of rotatable bonds is 14. The lowest BCUT2D eigenvalue weighted by atomic mass is 10.0. The number of nitrogens with one attached hydrogen (secondary N) is 3. The number of nitrogens with zero attached hydrogens (tertiary/aromatic N) is 3. The molecular formula is C37H40Cl2N6O4. The number of anilines is 4. The Kier molecular flexibility index (Phi) is 12.0. The molecule has 0 unspecified atom stereocenters. The average Bonchev–Trinajstić information content (AvgIpc) is 3.08. The molecule has 49 heavy (non-hydrogen) atoms. The first-order valence-corrected chi connectivity index (χ1v) is 16.9. The predicted molar refractivity (Wildman–Crippen MR) is 201 cm³/mol. The van der Waals surface area contributed by atoms with Crippen molar-refractivity contribution in [3.8, 4) is 11.5 Å². The number of aryl methyl sites for hydroxylation is 1. The summed E-state index contributed by atoms with van der Waals surface area (Å²) in [5.74, 6) is 1.68. The molecule has 4 aromatic carbocycles. The molecule has 5 aromatic rings. The zero-order valence-corrected chi connectivity index (χ0v) is 29.5. The van der Waals surface area contributed by atoms with E-state index in [1.807, 2.05) is 68.4 Å². The number of alkyl halides is 2. The lowest BCUT2D eigenvalue weighted by molar-refractivity contribution is 0.0952. The lowest BCUT2D eigenvalue weighted by Gasteiger charge is -2.22. The Morgan fingerprint density at radius 2 is 1.55 bits per heavy atom. The molecule has 0 radical (unpaired) electrons. The Morgan fingerprint density at radius 3 is 2.22 bits per heavy atom. The highest BCUT2D eigenvalue weighted by atomic mass is 35.5. The summed E-state index contributed by atoms with van der Waals surface area (Å²) in [5.41, 5.74) is 5.56. The average molecular weight is 704 g/mol. The van der Waals surface area contributed by atoms with Crippen molar-refractivity contribution in [1.29, 1.82) is 0 Å². The summed E-state index contributed by atoms with van der Waals surface area (Å²) in [6.45, 7) is 4.52. The van der Waals surface area contributed by atoms with E-state index in [0.29, 0.717) is 71.9 Å². The molecule has 0 spiro atoms. The molecule has 0 bridgehead atoms. The minimum atomic E-state index is -0.650. The number of likely N-dealkylation sites (N-methyl/N-ethyl adjacent to an activating group) is 1. The van der Waals surface area contributed by atoms with Crippen LogP contribution in [0.4, 0.5) is 27.5 Å². The minimum absolute atomic E-state index is 0.196. The van der Waals surface area contributed by atoms with Crippen molar-refractivity contribution in [1.82, 2.24) is 15.2 Å². The third-order valence-electron chi connectivity index (χ3n) is 7.95. The maximum absolute atomic E-state index is 13.3. The van der Waals surface area contributed by atoms with Crippen LogP contribution >= 0.6 is 23.2 Å². The van der Waals surface area contributed by atoms with E-state index in [-0.39, 0.29) is 5.91 Å². The fraction of sp³-hybridized carbons (Fsp3) is 0.270. The molecule has 256 valence electrons. The first kappa shape index (κ1) is 35.5. The number of hydrogen-bond donors (Lipinski definition) is 3. The summed E-state index contributed by atoms with van der Waals surface area (Å²) in [4.78, 5) is 35.3. The first-order chi connectivity index (χ1) is 23.7. The zero-order chi connectivity index (χ0) is 34.9. The van der Waals surface area contributed by atoms with Crippen molar-refractivity contribution in [2.45, 2.75) is 6.92 Å². The molecule has 0 aliphatic rings. The van der Waals surface area contributed by atoms with Crippen molar-refractivity contribution >= 4 is 79.8 Å². The van der Waals surface area contributed by atoms with Gasteiger partial charge in [0.05, 0.1) is 35.1 Å². The van der Waals surface area contributed by atoms with Gasteiger partial charge in [0.1, 0.15) is 11.5 Å². The van der Waals surface area contributed by atoms with Gasteiger partial charge in [-0.1, -0.05) is 30.3 Å². The van der Waals surface area contributed by atoms with E-state index in [1.54, 1.807) is 43.5 Å². The Hall–Kier alpha value is -4.77. The number of aromatic nitrogens is 1. The van der Waals surface area contributed by atoms with E-state index >= 15 is 0 Å². The number of fused-ring (bicyclic) bond motifs is 2. The van der Waals surface area contributed by atoms with Gasteiger partial charge in [-0.3, -0.25) is 10.1 Å². The first-order valence-electron chi connectivity index (χ1n) is 15.9. The van der Waals surface area contributed by atoms with Crippen LogP contribution in [-0.2, 0) is 0 Å². The SMILES string of the molecule is COc1ccc(NC(=O)Oc2ccc(N(CCCl)CCCl)cc2)cc1Nc1c2cccc(C)c2nc2c(C(=O)NCCN(C)C)cccc12. The number of methoxy groups -OCH3 is 1. The van der Waals surface area contributed by atoms with Crippen LogP contribution < -0.4 is 30.3 Å². The van der Waals surface area contributed by atoms with Crippen LogP contribution in [0.1, 0.15) is 15.9 Å². The fourth-order valence-electron chi connectivity index (χ4n) is 5.51. The molecule has 0 atom stereocenters. The van der Waals surface area contributed by atoms with Crippen LogP contribution in [0.3, 0.4) is 0 Å². The quantitative estimate of drug-likeness (QED) is 0.0801. The number of para-hydroxylation sites is 2. The summed E-state index contributed by atoms with van der Waals surface area (Å²) in [6.07, 6.45) is -0.650. The third-order valence-corrected chi connectivity index (χ3v) is 8.29. The van der Waals surface area contributed by atoms with E-state index in [1.165, 1.54) is 0 Å². The molecule has 0 fully saturated rings. The Balaban J connectivity index is 1.43. The molecule has 12 heteroatoms. The van der Waals surface area contributed by atoms with Crippen LogP contribution in [0.25, 0.3) is 21.8 Å². The number of benzene rings is 4. The van der Waals surface area contributed by atoms with Crippen LogP contribution in [0.5, 0.6) is 11.5 Å². The summed E-state index contributed by atoms with van der Waals surface area (Å²) in [6, 6.07) is 24.0. The maximum Gasteiger partial charge on any atom is 0.417 e. The van der Waals surface area contributed by atoms with Crippen molar-refractivity contribution in [2.24, 2.45) is 0 Å². The molecule has 1 aromatic heterocycles. The molecule has 3 N–H and O–H groups in total. The van der Waals surface area contributed by atoms with Crippen molar-refractivity contribution in [2.75, 3.05) is 74.7 Å². The van der Waals surface area contributed by atoms with Crippen molar-refractivity contribution < 1.29 is 19.1 Å². The topological polar surface area (TPSA) is 108 Å². The highest BCUT2D eigenvalue weighted by molar-refractivity contribution is 6.19. The van der Waals surface area contributed by atoms with Gasteiger partial charge in [-0.15, -0.1) is 23.2 Å². The monoisotopic (exact) mass is 702 g/mol. The summed E-state index contributed by atoms with van der Waals surface area (Å²) in [7, 11) is 5.50. The van der Waals surface area contributed by atoms with Crippen LogP contribution in [-0.4, -0.2) is 81.0 Å².